The van der Waals surface area contributed by atoms with Crippen LogP contribution in [0.3, 0.4) is 0 Å². The van der Waals surface area contributed by atoms with Crippen molar-refractivity contribution in [2.24, 2.45) is 0 Å². The number of nitrogens with zero attached hydrogens (tertiary/aromatic N) is 2. The minimum Gasteiger partial charge on any atom is -0.469 e. The Bertz CT molecular complexity index is 342. The van der Waals surface area contributed by atoms with E-state index in [2.05, 4.69) is 16.9 Å². The second kappa shape index (κ2) is 4.77. The molecule has 1 aromatic rings. The maximum Gasteiger partial charge on any atom is 0.221 e. The molecule has 4 nitrogen and oxygen atoms in total. The fourth-order valence-corrected chi connectivity index (χ4v) is 1.60. The largest absolute Gasteiger partial charge is 0.469 e. The van der Waals surface area contributed by atoms with Crippen LogP contribution in [0.25, 0.3) is 0 Å². The molecule has 2 rings (SSSR count). The maximum atomic E-state index is 5.99. The molecule has 0 amide bonds. The minimum absolute atomic E-state index is 0.117. The van der Waals surface area contributed by atoms with Gasteiger partial charge in [-0.2, -0.15) is 0 Å². The molecule has 0 saturated carbocycles. The van der Waals surface area contributed by atoms with Gasteiger partial charge in [0.05, 0.1) is 18.8 Å². The van der Waals surface area contributed by atoms with Crippen LogP contribution in [-0.2, 0) is 11.2 Å². The summed E-state index contributed by atoms with van der Waals surface area (Å²) in [6, 6.07) is 0. The summed E-state index contributed by atoms with van der Waals surface area (Å²) in [6.07, 6.45) is 3.37. The van der Waals surface area contributed by atoms with Crippen LogP contribution in [-0.4, -0.2) is 29.3 Å². The molecular weight excluding hydrogens is 216 g/mol. The van der Waals surface area contributed by atoms with Crippen LogP contribution in [0.15, 0.2) is 6.33 Å². The molecule has 1 aliphatic rings. The first-order chi connectivity index (χ1) is 7.31. The number of rotatable bonds is 4. The zero-order valence-electron chi connectivity index (χ0n) is 8.57. The number of aromatic nitrogens is 2. The van der Waals surface area contributed by atoms with E-state index < -0.39 is 0 Å². The van der Waals surface area contributed by atoms with E-state index in [1.165, 1.54) is 6.33 Å². The van der Waals surface area contributed by atoms with Crippen LogP contribution in [0.2, 0.25) is 5.15 Å². The molecule has 0 atom stereocenters. The Labute approximate surface area is 93.6 Å². The molecule has 1 fully saturated rings. The monoisotopic (exact) mass is 228 g/mol. The Morgan fingerprint density at radius 1 is 1.53 bits per heavy atom. The highest BCUT2D eigenvalue weighted by Gasteiger charge is 2.22. The fourth-order valence-electron chi connectivity index (χ4n) is 1.38. The van der Waals surface area contributed by atoms with Crippen LogP contribution in [0, 0.1) is 0 Å². The third-order valence-corrected chi connectivity index (χ3v) is 2.56. The van der Waals surface area contributed by atoms with Crippen molar-refractivity contribution in [1.29, 1.82) is 0 Å². The summed E-state index contributed by atoms with van der Waals surface area (Å²) in [4.78, 5) is 8.06. The SMILES string of the molecule is CCCc1c(Cl)ncnc1OC1COC1. The van der Waals surface area contributed by atoms with Crippen LogP contribution in [0.1, 0.15) is 18.9 Å². The van der Waals surface area contributed by atoms with E-state index >= 15 is 0 Å². The van der Waals surface area contributed by atoms with E-state index in [-0.39, 0.29) is 6.10 Å². The Balaban J connectivity index is 2.15. The topological polar surface area (TPSA) is 44.2 Å². The van der Waals surface area contributed by atoms with Crippen molar-refractivity contribution in [3.63, 3.8) is 0 Å². The van der Waals surface area contributed by atoms with Crippen LogP contribution < -0.4 is 4.74 Å². The van der Waals surface area contributed by atoms with E-state index in [1.54, 1.807) is 0 Å². The summed E-state index contributed by atoms with van der Waals surface area (Å²) >= 11 is 5.99. The van der Waals surface area contributed by atoms with Gasteiger partial charge in [-0.15, -0.1) is 0 Å². The predicted octanol–water partition coefficient (Wildman–Crippen LogP) is 1.86. The standard InChI is InChI=1S/C10H13ClN2O2/c1-2-3-8-9(11)12-6-13-10(8)15-7-4-14-5-7/h6-7H,2-5H2,1H3. The minimum atomic E-state index is 0.117. The van der Waals surface area contributed by atoms with Gasteiger partial charge in [0.15, 0.2) is 0 Å². The van der Waals surface area contributed by atoms with Crippen molar-refractivity contribution in [2.45, 2.75) is 25.9 Å². The van der Waals surface area contributed by atoms with Crippen molar-refractivity contribution in [2.75, 3.05) is 13.2 Å². The predicted molar refractivity (Wildman–Crippen MR) is 56.3 cm³/mol. The van der Waals surface area contributed by atoms with E-state index in [0.717, 1.165) is 18.4 Å². The van der Waals surface area contributed by atoms with Crippen molar-refractivity contribution in [1.82, 2.24) is 9.97 Å². The van der Waals surface area contributed by atoms with Gasteiger partial charge in [0.25, 0.3) is 0 Å². The highest BCUT2D eigenvalue weighted by atomic mass is 35.5. The Morgan fingerprint density at radius 3 is 2.93 bits per heavy atom. The summed E-state index contributed by atoms with van der Waals surface area (Å²) in [6.45, 7) is 3.35. The van der Waals surface area contributed by atoms with Gasteiger partial charge in [0.1, 0.15) is 17.6 Å². The average molecular weight is 229 g/mol. The van der Waals surface area contributed by atoms with Crippen LogP contribution in [0.5, 0.6) is 5.88 Å². The molecule has 5 heteroatoms. The summed E-state index contributed by atoms with van der Waals surface area (Å²) in [5, 5.41) is 0.488. The van der Waals surface area contributed by atoms with E-state index in [1.807, 2.05) is 0 Å². The lowest BCUT2D eigenvalue weighted by Crippen LogP contribution is -2.39. The molecule has 0 N–H and O–H groups in total. The lowest BCUT2D eigenvalue weighted by molar-refractivity contribution is -0.0817. The molecule has 82 valence electrons. The van der Waals surface area contributed by atoms with Crippen molar-refractivity contribution in [3.05, 3.63) is 17.0 Å². The molecule has 2 heterocycles. The van der Waals surface area contributed by atoms with Gasteiger partial charge in [-0.3, -0.25) is 0 Å². The molecule has 1 aromatic heterocycles. The maximum absolute atomic E-state index is 5.99. The van der Waals surface area contributed by atoms with Gasteiger partial charge in [-0.05, 0) is 6.42 Å². The van der Waals surface area contributed by atoms with Crippen molar-refractivity contribution >= 4 is 11.6 Å². The van der Waals surface area contributed by atoms with E-state index in [4.69, 9.17) is 21.1 Å². The first-order valence-electron chi connectivity index (χ1n) is 5.05. The summed E-state index contributed by atoms with van der Waals surface area (Å²) in [5.74, 6) is 0.602. The first-order valence-corrected chi connectivity index (χ1v) is 5.42. The molecular formula is C10H13ClN2O2. The molecule has 0 spiro atoms. The zero-order chi connectivity index (χ0) is 10.7. The van der Waals surface area contributed by atoms with Crippen molar-refractivity contribution < 1.29 is 9.47 Å². The third-order valence-electron chi connectivity index (χ3n) is 2.24. The lowest BCUT2D eigenvalue weighted by atomic mass is 10.2. The number of halogens is 1. The molecule has 0 radical (unpaired) electrons. The third kappa shape index (κ3) is 2.38. The molecule has 0 unspecified atom stereocenters. The first kappa shape index (κ1) is 10.6. The summed E-state index contributed by atoms with van der Waals surface area (Å²) < 4.78 is 10.7. The van der Waals surface area contributed by atoms with Gasteiger partial charge in [-0.25, -0.2) is 9.97 Å². The quantitative estimate of drug-likeness (QED) is 0.738. The second-order valence-electron chi connectivity index (χ2n) is 3.48. The molecule has 1 saturated heterocycles. The highest BCUT2D eigenvalue weighted by molar-refractivity contribution is 6.30. The van der Waals surface area contributed by atoms with E-state index in [0.29, 0.717) is 24.2 Å². The molecule has 1 aliphatic heterocycles. The lowest BCUT2D eigenvalue weighted by Gasteiger charge is -2.26. The molecule has 15 heavy (non-hydrogen) atoms. The summed E-state index contributed by atoms with van der Waals surface area (Å²) in [7, 11) is 0. The fraction of sp³-hybridized carbons (Fsp3) is 0.600. The Morgan fingerprint density at radius 2 is 2.33 bits per heavy atom. The molecule has 0 aromatic carbocycles. The smallest absolute Gasteiger partial charge is 0.221 e. The second-order valence-corrected chi connectivity index (χ2v) is 3.83. The molecule has 0 bridgehead atoms. The van der Waals surface area contributed by atoms with Gasteiger partial charge in [-0.1, -0.05) is 24.9 Å². The van der Waals surface area contributed by atoms with Crippen LogP contribution in [0.4, 0.5) is 0 Å². The van der Waals surface area contributed by atoms with E-state index in [9.17, 15) is 0 Å². The summed E-state index contributed by atoms with van der Waals surface area (Å²) in [5.41, 5.74) is 0.897. The highest BCUT2D eigenvalue weighted by Crippen LogP contribution is 2.25. The Kier molecular flexibility index (Phi) is 3.38. The Hall–Kier alpha value is -0.870. The van der Waals surface area contributed by atoms with Gasteiger partial charge in [0, 0.05) is 0 Å². The average Bonchev–Trinajstić information content (AvgIpc) is 2.16. The normalized spacial score (nSPS) is 16.1. The van der Waals surface area contributed by atoms with Crippen LogP contribution >= 0.6 is 11.6 Å². The van der Waals surface area contributed by atoms with Gasteiger partial charge < -0.3 is 9.47 Å². The number of hydrogen-bond donors (Lipinski definition) is 0. The number of hydrogen-bond acceptors (Lipinski definition) is 4. The van der Waals surface area contributed by atoms with Crippen molar-refractivity contribution in [3.8, 4) is 5.88 Å². The zero-order valence-corrected chi connectivity index (χ0v) is 9.33. The number of ether oxygens (including phenoxy) is 2. The molecule has 0 aliphatic carbocycles. The van der Waals surface area contributed by atoms with Gasteiger partial charge >= 0.3 is 0 Å². The van der Waals surface area contributed by atoms with Gasteiger partial charge in [0.2, 0.25) is 5.88 Å².